The predicted octanol–water partition coefficient (Wildman–Crippen LogP) is 1.93. The van der Waals surface area contributed by atoms with Crippen molar-refractivity contribution in [3.63, 3.8) is 0 Å². The molecule has 2 aliphatic carbocycles. The van der Waals surface area contributed by atoms with E-state index >= 15 is 0 Å². The number of aliphatic hydroxyl groups excluding tert-OH is 1. The Morgan fingerprint density at radius 2 is 1.71 bits per heavy atom. The van der Waals surface area contributed by atoms with Gasteiger partial charge in [-0.25, -0.2) is 0 Å². The van der Waals surface area contributed by atoms with Crippen LogP contribution in [0.1, 0.15) is 51.4 Å². The van der Waals surface area contributed by atoms with E-state index in [4.69, 9.17) is 4.74 Å². The van der Waals surface area contributed by atoms with Crippen molar-refractivity contribution in [2.24, 2.45) is 0 Å². The number of rotatable bonds is 1. The van der Waals surface area contributed by atoms with E-state index in [1.54, 1.807) is 0 Å². The molecule has 0 amide bonds. The van der Waals surface area contributed by atoms with Gasteiger partial charge in [0.2, 0.25) is 0 Å². The number of hydrogen-bond donors (Lipinski definition) is 1. The first-order valence-electron chi connectivity index (χ1n) is 7.40. The molecule has 3 heteroatoms. The lowest BCUT2D eigenvalue weighted by atomic mass is 9.85. The van der Waals surface area contributed by atoms with Gasteiger partial charge in [-0.3, -0.25) is 4.90 Å². The maximum Gasteiger partial charge on any atom is 0.0731 e. The third-order valence-electron chi connectivity index (χ3n) is 4.91. The zero-order valence-electron chi connectivity index (χ0n) is 10.7. The largest absolute Gasteiger partial charge is 0.393 e. The van der Waals surface area contributed by atoms with Crippen LogP contribution in [-0.4, -0.2) is 47.4 Å². The van der Waals surface area contributed by atoms with Crippen molar-refractivity contribution in [3.05, 3.63) is 0 Å². The molecule has 3 fully saturated rings. The average Bonchev–Trinajstić information content (AvgIpc) is 2.39. The standard InChI is InChI=1S/C14H25NO2/c16-12-7-5-11(6-8-12)15-9-10-17-14-4-2-1-3-13(14)15/h11-14,16H,1-10H2. The van der Waals surface area contributed by atoms with Crippen LogP contribution in [0.25, 0.3) is 0 Å². The number of nitrogens with zero attached hydrogens (tertiary/aromatic N) is 1. The Bertz CT molecular complexity index is 249. The summed E-state index contributed by atoms with van der Waals surface area (Å²) in [5.41, 5.74) is 0. The van der Waals surface area contributed by atoms with Crippen molar-refractivity contribution < 1.29 is 9.84 Å². The lowest BCUT2D eigenvalue weighted by Crippen LogP contribution is -2.57. The number of hydrogen-bond acceptors (Lipinski definition) is 3. The Labute approximate surface area is 104 Å². The molecule has 0 bridgehead atoms. The summed E-state index contributed by atoms with van der Waals surface area (Å²) >= 11 is 0. The van der Waals surface area contributed by atoms with Crippen molar-refractivity contribution in [3.8, 4) is 0 Å². The van der Waals surface area contributed by atoms with Gasteiger partial charge in [-0.1, -0.05) is 12.8 Å². The van der Waals surface area contributed by atoms with E-state index in [-0.39, 0.29) is 6.10 Å². The van der Waals surface area contributed by atoms with Gasteiger partial charge in [0.15, 0.2) is 0 Å². The maximum atomic E-state index is 9.61. The van der Waals surface area contributed by atoms with Gasteiger partial charge in [0.05, 0.1) is 18.8 Å². The number of fused-ring (bicyclic) bond motifs is 1. The van der Waals surface area contributed by atoms with Gasteiger partial charge in [0.25, 0.3) is 0 Å². The highest BCUT2D eigenvalue weighted by Crippen LogP contribution is 2.33. The van der Waals surface area contributed by atoms with Crippen LogP contribution in [0, 0.1) is 0 Å². The van der Waals surface area contributed by atoms with Gasteiger partial charge in [0, 0.05) is 18.6 Å². The molecule has 0 spiro atoms. The maximum absolute atomic E-state index is 9.61. The summed E-state index contributed by atoms with van der Waals surface area (Å²) in [6.45, 7) is 2.03. The zero-order chi connectivity index (χ0) is 11.7. The Morgan fingerprint density at radius 1 is 0.941 bits per heavy atom. The lowest BCUT2D eigenvalue weighted by Gasteiger charge is -2.48. The topological polar surface area (TPSA) is 32.7 Å². The van der Waals surface area contributed by atoms with Crippen LogP contribution in [-0.2, 0) is 4.74 Å². The average molecular weight is 239 g/mol. The fourth-order valence-electron chi connectivity index (χ4n) is 3.97. The van der Waals surface area contributed by atoms with E-state index in [0.29, 0.717) is 18.2 Å². The highest BCUT2D eigenvalue weighted by Gasteiger charge is 2.38. The summed E-state index contributed by atoms with van der Waals surface area (Å²) in [6.07, 6.45) is 10.1. The fraction of sp³-hybridized carbons (Fsp3) is 1.00. The van der Waals surface area contributed by atoms with Gasteiger partial charge >= 0.3 is 0 Å². The molecule has 2 unspecified atom stereocenters. The summed E-state index contributed by atoms with van der Waals surface area (Å²) in [7, 11) is 0. The van der Waals surface area contributed by atoms with Gasteiger partial charge in [-0.2, -0.15) is 0 Å². The van der Waals surface area contributed by atoms with Crippen molar-refractivity contribution in [1.82, 2.24) is 4.90 Å². The quantitative estimate of drug-likeness (QED) is 0.759. The van der Waals surface area contributed by atoms with Crippen LogP contribution in [0.2, 0.25) is 0 Å². The van der Waals surface area contributed by atoms with Crippen LogP contribution < -0.4 is 0 Å². The molecule has 1 heterocycles. The summed E-state index contributed by atoms with van der Waals surface area (Å²) in [5.74, 6) is 0. The van der Waals surface area contributed by atoms with Crippen molar-refractivity contribution >= 4 is 0 Å². The van der Waals surface area contributed by atoms with E-state index in [2.05, 4.69) is 4.90 Å². The highest BCUT2D eigenvalue weighted by molar-refractivity contribution is 4.92. The second kappa shape index (κ2) is 5.25. The van der Waals surface area contributed by atoms with Crippen molar-refractivity contribution in [2.45, 2.75) is 75.7 Å². The summed E-state index contributed by atoms with van der Waals surface area (Å²) in [6, 6.07) is 1.39. The van der Waals surface area contributed by atoms with E-state index in [1.807, 2.05) is 0 Å². The Morgan fingerprint density at radius 3 is 2.53 bits per heavy atom. The predicted molar refractivity (Wildman–Crippen MR) is 67.0 cm³/mol. The highest BCUT2D eigenvalue weighted by atomic mass is 16.5. The Hall–Kier alpha value is -0.120. The molecular weight excluding hydrogens is 214 g/mol. The first-order valence-corrected chi connectivity index (χ1v) is 7.40. The molecule has 17 heavy (non-hydrogen) atoms. The first kappa shape index (κ1) is 11.9. The molecular formula is C14H25NO2. The molecule has 3 nitrogen and oxygen atoms in total. The summed E-state index contributed by atoms with van der Waals surface area (Å²) < 4.78 is 5.93. The molecule has 0 aromatic rings. The molecule has 3 rings (SSSR count). The Balaban J connectivity index is 1.64. The monoisotopic (exact) mass is 239 g/mol. The SMILES string of the molecule is OC1CCC(N2CCOC3CCCCC32)CC1. The lowest BCUT2D eigenvalue weighted by molar-refractivity contribution is -0.109. The third kappa shape index (κ3) is 2.51. The molecule has 0 radical (unpaired) electrons. The van der Waals surface area contributed by atoms with Crippen LogP contribution in [0.3, 0.4) is 0 Å². The van der Waals surface area contributed by atoms with Gasteiger partial charge in [0.1, 0.15) is 0 Å². The summed E-state index contributed by atoms with van der Waals surface area (Å²) in [5, 5.41) is 9.61. The van der Waals surface area contributed by atoms with Gasteiger partial charge in [-0.05, 0) is 38.5 Å². The molecule has 1 N–H and O–H groups in total. The minimum absolute atomic E-state index is 0.0329. The second-order valence-corrected chi connectivity index (χ2v) is 5.96. The van der Waals surface area contributed by atoms with E-state index in [1.165, 1.54) is 38.5 Å². The minimum atomic E-state index is -0.0329. The second-order valence-electron chi connectivity index (χ2n) is 5.96. The van der Waals surface area contributed by atoms with Crippen molar-refractivity contribution in [2.75, 3.05) is 13.2 Å². The van der Waals surface area contributed by atoms with Crippen LogP contribution >= 0.6 is 0 Å². The molecule has 1 aliphatic heterocycles. The van der Waals surface area contributed by atoms with Crippen LogP contribution in [0.4, 0.5) is 0 Å². The molecule has 3 aliphatic rings. The molecule has 0 aromatic carbocycles. The van der Waals surface area contributed by atoms with E-state index in [9.17, 15) is 5.11 Å². The number of ether oxygens (including phenoxy) is 1. The molecule has 98 valence electrons. The first-order chi connectivity index (χ1) is 8.34. The van der Waals surface area contributed by atoms with Crippen molar-refractivity contribution in [1.29, 1.82) is 0 Å². The van der Waals surface area contributed by atoms with E-state index < -0.39 is 0 Å². The van der Waals surface area contributed by atoms with Crippen LogP contribution in [0.5, 0.6) is 0 Å². The summed E-state index contributed by atoms with van der Waals surface area (Å²) in [4.78, 5) is 2.72. The molecule has 2 atom stereocenters. The van der Waals surface area contributed by atoms with E-state index in [0.717, 1.165) is 26.0 Å². The molecule has 2 saturated carbocycles. The van der Waals surface area contributed by atoms with Crippen LogP contribution in [0.15, 0.2) is 0 Å². The zero-order valence-corrected chi connectivity index (χ0v) is 10.7. The van der Waals surface area contributed by atoms with Gasteiger partial charge in [-0.15, -0.1) is 0 Å². The molecule has 0 aromatic heterocycles. The minimum Gasteiger partial charge on any atom is -0.393 e. The third-order valence-corrected chi connectivity index (χ3v) is 4.91. The number of aliphatic hydroxyl groups is 1. The Kier molecular flexibility index (Phi) is 3.69. The smallest absolute Gasteiger partial charge is 0.0731 e. The van der Waals surface area contributed by atoms with Gasteiger partial charge < -0.3 is 9.84 Å². The number of morpholine rings is 1. The molecule has 1 saturated heterocycles. The normalized spacial score (nSPS) is 44.3. The fourth-order valence-corrected chi connectivity index (χ4v) is 3.97.